The lowest BCUT2D eigenvalue weighted by molar-refractivity contribution is -0.143. The van der Waals surface area contributed by atoms with Crippen molar-refractivity contribution in [1.82, 2.24) is 42.1 Å². The molecular weight excluding hydrogens is 1170 g/mol. The summed E-state index contributed by atoms with van der Waals surface area (Å²) in [6.07, 6.45) is 7.80. The van der Waals surface area contributed by atoms with Gasteiger partial charge in [-0.15, -0.1) is 0 Å². The second-order valence-corrected chi connectivity index (χ2v) is 24.2. The molecule has 17 N–H and O–H groups in total. The molecule has 1 saturated carbocycles. The van der Waals surface area contributed by atoms with Gasteiger partial charge in [0, 0.05) is 44.7 Å². The van der Waals surface area contributed by atoms with Crippen molar-refractivity contribution in [3.63, 3.8) is 0 Å². The fourth-order valence-corrected chi connectivity index (χ4v) is 11.9. The normalized spacial score (nSPS) is 16.0. The molecule has 1 heterocycles. The molecule has 0 aromatic heterocycles. The molecule has 0 radical (unpaired) electrons. The number of nitrogens with one attached hydrogen (secondary N) is 8. The minimum atomic E-state index is -1.27. The van der Waals surface area contributed by atoms with Gasteiger partial charge < -0.3 is 75.1 Å². The number of carbonyl (C=O) groups is 7. The highest BCUT2D eigenvalue weighted by Crippen LogP contribution is 2.29. The zero-order valence-electron chi connectivity index (χ0n) is 52.8. The number of nitrogens with zero attached hydrogens (tertiary/aromatic N) is 2. The fourth-order valence-electron chi connectivity index (χ4n) is 11.9. The van der Waals surface area contributed by atoms with Gasteiger partial charge in [0.15, 0.2) is 5.96 Å². The molecule has 7 atom stereocenters. The number of phenolic OH excluding ortho intramolecular Hbond substituents is 2. The van der Waals surface area contributed by atoms with Crippen LogP contribution in [-0.2, 0) is 65.8 Å². The van der Waals surface area contributed by atoms with Crippen molar-refractivity contribution in [3.05, 3.63) is 160 Å². The van der Waals surface area contributed by atoms with Crippen LogP contribution in [0.2, 0.25) is 0 Å². The van der Waals surface area contributed by atoms with Crippen LogP contribution in [0.3, 0.4) is 0 Å². The molecular formula is C69H93N13O10. The third-order valence-electron chi connectivity index (χ3n) is 17.0. The minimum absolute atomic E-state index is 0.0226. The quantitative estimate of drug-likeness (QED) is 0.0118. The first-order valence-electron chi connectivity index (χ1n) is 32.1. The number of carboxylic acids is 1. The highest BCUT2D eigenvalue weighted by atomic mass is 16.4. The number of aromatic hydroxyl groups is 2. The number of guanidine groups is 1. The van der Waals surface area contributed by atoms with Gasteiger partial charge in [0.2, 0.25) is 35.4 Å². The van der Waals surface area contributed by atoms with E-state index in [-0.39, 0.29) is 94.7 Å². The molecule has 92 heavy (non-hydrogen) atoms. The Morgan fingerprint density at radius 2 is 1.14 bits per heavy atom. The average Bonchev–Trinajstić information content (AvgIpc) is 0.842. The van der Waals surface area contributed by atoms with Crippen molar-refractivity contribution >= 4 is 53.1 Å². The Morgan fingerprint density at radius 1 is 0.587 bits per heavy atom. The van der Waals surface area contributed by atoms with Crippen molar-refractivity contribution < 1.29 is 48.9 Å². The van der Waals surface area contributed by atoms with Crippen LogP contribution in [0.5, 0.6) is 11.5 Å². The van der Waals surface area contributed by atoms with Crippen LogP contribution in [0.1, 0.15) is 110 Å². The zero-order chi connectivity index (χ0) is 65.9. The summed E-state index contributed by atoms with van der Waals surface area (Å²) < 4.78 is 0. The number of phenols is 2. The largest absolute Gasteiger partial charge is 0.508 e. The molecule has 0 spiro atoms. The topological polar surface area (TPSA) is 370 Å². The summed E-state index contributed by atoms with van der Waals surface area (Å²) >= 11 is 0. The van der Waals surface area contributed by atoms with Gasteiger partial charge >= 0.3 is 5.97 Å². The van der Waals surface area contributed by atoms with E-state index in [2.05, 4.69) is 47.5 Å². The number of aliphatic imine (C=N–C) groups is 1. The van der Waals surface area contributed by atoms with Crippen LogP contribution in [0.4, 0.5) is 5.69 Å². The number of benzene rings is 5. The molecule has 0 bridgehead atoms. The molecule has 2 aliphatic rings. The summed E-state index contributed by atoms with van der Waals surface area (Å²) in [5.74, 6) is -3.95. The average molecular weight is 1260 g/mol. The zero-order valence-corrected chi connectivity index (χ0v) is 52.8. The van der Waals surface area contributed by atoms with Gasteiger partial charge in [-0.25, -0.2) is 4.79 Å². The number of carbonyl (C=O) groups excluding carboxylic acids is 6. The number of carboxylic acid groups (broad SMARTS) is 1. The second kappa shape index (κ2) is 36.1. The Labute approximate surface area is 538 Å². The van der Waals surface area contributed by atoms with Crippen LogP contribution in [0, 0.1) is 19.8 Å². The van der Waals surface area contributed by atoms with E-state index >= 15 is 0 Å². The molecule has 0 saturated heterocycles. The summed E-state index contributed by atoms with van der Waals surface area (Å²) in [5, 5.41) is 54.8. The number of nitrogens with two attached hydrogens (primary N) is 3. The summed E-state index contributed by atoms with van der Waals surface area (Å²) in [7, 11) is 0. The Morgan fingerprint density at radius 3 is 1.78 bits per heavy atom. The molecule has 1 aliphatic carbocycles. The number of unbranched alkanes of at least 4 members (excludes halogenated alkanes) is 1. The van der Waals surface area contributed by atoms with E-state index in [0.717, 1.165) is 54.4 Å². The molecule has 1 aliphatic heterocycles. The van der Waals surface area contributed by atoms with Crippen LogP contribution in [0.15, 0.2) is 126 Å². The van der Waals surface area contributed by atoms with Crippen molar-refractivity contribution in [3.8, 4) is 11.5 Å². The predicted molar refractivity (Wildman–Crippen MR) is 354 cm³/mol. The first-order valence-corrected chi connectivity index (χ1v) is 32.1. The molecule has 5 aromatic rings. The lowest BCUT2D eigenvalue weighted by Crippen LogP contribution is -2.58. The van der Waals surface area contributed by atoms with Gasteiger partial charge in [-0.1, -0.05) is 129 Å². The van der Waals surface area contributed by atoms with Gasteiger partial charge in [0.1, 0.15) is 41.7 Å². The van der Waals surface area contributed by atoms with Crippen LogP contribution in [0.25, 0.3) is 0 Å². The highest BCUT2D eigenvalue weighted by Gasteiger charge is 2.36. The Bertz CT molecular complexity index is 3230. The maximum atomic E-state index is 14.8. The molecule has 1 fully saturated rings. The van der Waals surface area contributed by atoms with E-state index in [4.69, 9.17) is 17.2 Å². The number of rotatable bonds is 35. The van der Waals surface area contributed by atoms with Crippen molar-refractivity contribution in [1.29, 1.82) is 0 Å². The number of fused-ring (bicyclic) bond motifs is 1. The summed E-state index contributed by atoms with van der Waals surface area (Å²) in [6.45, 7) is 4.47. The molecule has 7 rings (SSSR count). The molecule has 6 amide bonds. The van der Waals surface area contributed by atoms with Crippen LogP contribution >= 0.6 is 0 Å². The van der Waals surface area contributed by atoms with Gasteiger partial charge in [-0.3, -0.25) is 38.7 Å². The predicted octanol–water partition coefficient (Wildman–Crippen LogP) is 3.98. The van der Waals surface area contributed by atoms with E-state index in [0.29, 0.717) is 54.6 Å². The molecule has 494 valence electrons. The molecule has 1 unspecified atom stereocenters. The third-order valence-corrected chi connectivity index (χ3v) is 17.0. The lowest BCUT2D eigenvalue weighted by atomic mass is 9.84. The number of hydrogen-bond donors (Lipinski definition) is 14. The Balaban J connectivity index is 1.03. The fraction of sp³-hybridized carbons (Fsp3) is 0.449. The maximum Gasteiger partial charge on any atom is 0.326 e. The van der Waals surface area contributed by atoms with Gasteiger partial charge in [-0.2, -0.15) is 0 Å². The minimum Gasteiger partial charge on any atom is -0.508 e. The number of anilines is 1. The molecule has 5 aromatic carbocycles. The number of aliphatic carboxylic acids is 1. The van der Waals surface area contributed by atoms with E-state index in [9.17, 15) is 48.9 Å². The van der Waals surface area contributed by atoms with Crippen LogP contribution in [-0.4, -0.2) is 143 Å². The monoisotopic (exact) mass is 1260 g/mol. The number of hydrogen-bond acceptors (Lipinski definition) is 14. The maximum absolute atomic E-state index is 14.8. The first kappa shape index (κ1) is 70.4. The van der Waals surface area contributed by atoms with Gasteiger partial charge in [-0.05, 0) is 141 Å². The Kier molecular flexibility index (Phi) is 27.6. The smallest absolute Gasteiger partial charge is 0.326 e. The van der Waals surface area contributed by atoms with Gasteiger partial charge in [0.25, 0.3) is 0 Å². The summed E-state index contributed by atoms with van der Waals surface area (Å²) in [5.41, 5.74) is 23.0. The van der Waals surface area contributed by atoms with Crippen molar-refractivity contribution in [2.24, 2.45) is 28.1 Å². The number of amides is 6. The van der Waals surface area contributed by atoms with E-state index in [1.54, 1.807) is 43.0 Å². The third kappa shape index (κ3) is 22.4. The molecule has 23 heteroatoms. The van der Waals surface area contributed by atoms with Crippen LogP contribution < -0.4 is 59.7 Å². The Hall–Kier alpha value is -9.06. The first-order chi connectivity index (χ1) is 44.3. The van der Waals surface area contributed by atoms with Crippen molar-refractivity contribution in [2.75, 3.05) is 38.2 Å². The van der Waals surface area contributed by atoms with E-state index in [1.165, 1.54) is 12.1 Å². The van der Waals surface area contributed by atoms with E-state index < -0.39 is 83.7 Å². The second-order valence-electron chi connectivity index (χ2n) is 24.2. The SMILES string of the molecule is Cc1cc(N[C@@H](CCCN=C(N)N)C(=O)N[C@@H](Cc2ccccc2)C(=O)N[C@@H](CCCCN)C(=O)NCCN[C@@H](Cc2ccccc2)C(=O)N[C@@H](CC2CCCCC2)C(=O)NCN2Cc3ccccc3CC2C(=O)N[C@@H](Cc2ccc(O)cc2)C(=O)O)cc(C)c1O. The lowest BCUT2D eigenvalue weighted by Gasteiger charge is -2.37. The highest BCUT2D eigenvalue weighted by molar-refractivity contribution is 5.94. The number of aryl methyl sites for hydroxylation is 2. The summed E-state index contributed by atoms with van der Waals surface area (Å²) in [6, 6.07) is 28.8. The van der Waals surface area contributed by atoms with E-state index in [1.807, 2.05) is 84.9 Å². The van der Waals surface area contributed by atoms with Gasteiger partial charge in [0.05, 0.1) is 18.8 Å². The standard InChI is InChI=1S/C69H93N13O10/c1-44-35-52(36-45(2)61(44)84)77-55(26-16-32-75-69(71)72)64(87)80-58(39-48-21-10-5-11-22-48)66(89)78-54(25-14-15-31-70)62(85)74-34-33-73-56(37-46-17-6-3-7-18-46)65(88)79-57(38-47-19-8-4-9-20-47)63(86)76-43-82-42-51-24-13-12-23-50(51)41-60(82)67(90)81-59(68(91)92)40-49-27-29-53(83)30-28-49/h3,5-7,10-13,17-18,21-24,27-30,35-36,47,54-60,73,77,83-84H,4,8-9,14-16,19-20,25-26,31-34,37-43,70H2,1-2H3,(H,74,85)(H,76,86)(H,78,89)(H,79,88)(H,80,87)(H,81,90)(H,91,92)(H4,71,72,75)/t54-,55-,56-,57-,58-,59-,60?/m0/s1. The summed E-state index contributed by atoms with van der Waals surface area (Å²) in [4.78, 5) is 105. The molecule has 23 nitrogen and oxygen atoms in total. The van der Waals surface area contributed by atoms with Crippen molar-refractivity contribution in [2.45, 2.75) is 159 Å².